The molecule has 0 amide bonds. The number of nitrogens with one attached hydrogen (secondary N) is 1. The summed E-state index contributed by atoms with van der Waals surface area (Å²) in [6, 6.07) is 3.26. The predicted octanol–water partition coefficient (Wildman–Crippen LogP) is 1.14. The third kappa shape index (κ3) is 2.25. The standard InChI is InChI=1S/C9H6ClFN2O3S/c10-5-2-1-4(17-5)3-13-8(15)6(11)7(14)12-9(13)16/h1-2,15H,3H2,(H,12,14,16). The summed E-state index contributed by atoms with van der Waals surface area (Å²) in [4.78, 5) is 24.6. The van der Waals surface area contributed by atoms with Crippen LogP contribution in [0.3, 0.4) is 0 Å². The molecule has 0 atom stereocenters. The number of aromatic nitrogens is 2. The van der Waals surface area contributed by atoms with Gasteiger partial charge in [-0.05, 0) is 12.1 Å². The molecule has 2 aromatic heterocycles. The Morgan fingerprint density at radius 1 is 1.47 bits per heavy atom. The van der Waals surface area contributed by atoms with E-state index in [2.05, 4.69) is 0 Å². The van der Waals surface area contributed by atoms with Gasteiger partial charge >= 0.3 is 5.69 Å². The van der Waals surface area contributed by atoms with Crippen molar-refractivity contribution in [3.8, 4) is 5.88 Å². The van der Waals surface area contributed by atoms with Gasteiger partial charge in [-0.2, -0.15) is 4.39 Å². The Kier molecular flexibility index (Phi) is 3.03. The second-order valence-corrected chi connectivity index (χ2v) is 4.99. The average molecular weight is 277 g/mol. The van der Waals surface area contributed by atoms with Crippen molar-refractivity contribution in [2.24, 2.45) is 0 Å². The number of H-pyrrole nitrogens is 1. The summed E-state index contributed by atoms with van der Waals surface area (Å²) in [5.41, 5.74) is -2.12. The van der Waals surface area contributed by atoms with E-state index in [0.29, 0.717) is 9.21 Å². The van der Waals surface area contributed by atoms with Gasteiger partial charge < -0.3 is 5.11 Å². The molecule has 17 heavy (non-hydrogen) atoms. The minimum atomic E-state index is -1.38. The summed E-state index contributed by atoms with van der Waals surface area (Å²) in [6.45, 7) is -0.0598. The number of aromatic hydroxyl groups is 1. The van der Waals surface area contributed by atoms with Crippen LogP contribution in [0.4, 0.5) is 4.39 Å². The molecular formula is C9H6ClFN2O3S. The SMILES string of the molecule is O=c1[nH]c(=O)n(Cc2ccc(Cl)s2)c(O)c1F. The first kappa shape index (κ1) is 11.9. The summed E-state index contributed by atoms with van der Waals surface area (Å²) in [7, 11) is 0. The Morgan fingerprint density at radius 3 is 2.76 bits per heavy atom. The molecule has 0 unspecified atom stereocenters. The van der Waals surface area contributed by atoms with Gasteiger partial charge in [0.2, 0.25) is 11.7 Å². The van der Waals surface area contributed by atoms with Gasteiger partial charge in [0.15, 0.2) is 0 Å². The maximum Gasteiger partial charge on any atom is 0.331 e. The lowest BCUT2D eigenvalue weighted by atomic mass is 10.4. The zero-order valence-corrected chi connectivity index (χ0v) is 9.81. The van der Waals surface area contributed by atoms with Crippen molar-refractivity contribution in [1.29, 1.82) is 0 Å². The Hall–Kier alpha value is -1.60. The van der Waals surface area contributed by atoms with Gasteiger partial charge in [-0.15, -0.1) is 11.3 Å². The van der Waals surface area contributed by atoms with E-state index in [9.17, 15) is 19.1 Å². The molecule has 5 nitrogen and oxygen atoms in total. The summed E-state index contributed by atoms with van der Waals surface area (Å²) < 4.78 is 14.3. The van der Waals surface area contributed by atoms with Crippen LogP contribution in [0.5, 0.6) is 5.88 Å². The first-order chi connectivity index (χ1) is 7.99. The molecule has 0 fully saturated rings. The molecule has 2 aromatic rings. The summed E-state index contributed by atoms with van der Waals surface area (Å²) in [6.07, 6.45) is 0. The molecule has 0 aromatic carbocycles. The average Bonchev–Trinajstić information content (AvgIpc) is 2.67. The predicted molar refractivity (Wildman–Crippen MR) is 61.4 cm³/mol. The van der Waals surface area contributed by atoms with Gasteiger partial charge in [0.05, 0.1) is 10.9 Å². The van der Waals surface area contributed by atoms with E-state index in [-0.39, 0.29) is 6.54 Å². The number of rotatable bonds is 2. The first-order valence-electron chi connectivity index (χ1n) is 4.45. The fraction of sp³-hybridized carbons (Fsp3) is 0.111. The number of aromatic amines is 1. The molecule has 8 heteroatoms. The molecule has 0 bridgehead atoms. The smallest absolute Gasteiger partial charge is 0.331 e. The zero-order chi connectivity index (χ0) is 12.6. The maximum atomic E-state index is 13.1. The second-order valence-electron chi connectivity index (χ2n) is 3.19. The van der Waals surface area contributed by atoms with E-state index in [1.165, 1.54) is 11.3 Å². The molecule has 2 N–H and O–H groups in total. The topological polar surface area (TPSA) is 75.1 Å². The molecule has 0 aliphatic rings. The number of hydrogen-bond donors (Lipinski definition) is 2. The summed E-state index contributed by atoms with van der Waals surface area (Å²) in [5, 5.41) is 9.37. The molecule has 0 saturated carbocycles. The minimum Gasteiger partial charge on any atom is -0.492 e. The molecule has 0 aliphatic carbocycles. The van der Waals surface area contributed by atoms with Crippen molar-refractivity contribution < 1.29 is 9.50 Å². The summed E-state index contributed by atoms with van der Waals surface area (Å²) in [5.74, 6) is -2.37. The molecular weight excluding hydrogens is 271 g/mol. The third-order valence-corrected chi connectivity index (χ3v) is 3.28. The molecule has 2 rings (SSSR count). The van der Waals surface area contributed by atoms with Gasteiger partial charge in [0, 0.05) is 4.88 Å². The Balaban J connectivity index is 2.50. The van der Waals surface area contributed by atoms with Crippen LogP contribution in [0.2, 0.25) is 4.34 Å². The van der Waals surface area contributed by atoms with E-state index >= 15 is 0 Å². The zero-order valence-electron chi connectivity index (χ0n) is 8.24. The van der Waals surface area contributed by atoms with Crippen LogP contribution >= 0.6 is 22.9 Å². The lowest BCUT2D eigenvalue weighted by Crippen LogP contribution is -2.32. The lowest BCUT2D eigenvalue weighted by molar-refractivity contribution is 0.368. The third-order valence-electron chi connectivity index (χ3n) is 2.06. The number of hydrogen-bond acceptors (Lipinski definition) is 4. The summed E-state index contributed by atoms with van der Waals surface area (Å²) >= 11 is 6.89. The highest BCUT2D eigenvalue weighted by Crippen LogP contribution is 2.22. The van der Waals surface area contributed by atoms with E-state index < -0.39 is 22.9 Å². The fourth-order valence-electron chi connectivity index (χ4n) is 1.27. The second kappa shape index (κ2) is 4.34. The van der Waals surface area contributed by atoms with Crippen LogP contribution in [0.1, 0.15) is 4.88 Å². The monoisotopic (exact) mass is 276 g/mol. The Bertz CT molecular complexity index is 676. The largest absolute Gasteiger partial charge is 0.492 e. The van der Waals surface area contributed by atoms with Crippen molar-refractivity contribution in [3.63, 3.8) is 0 Å². The van der Waals surface area contributed by atoms with Gasteiger partial charge in [-0.25, -0.2) is 4.79 Å². The highest BCUT2D eigenvalue weighted by Gasteiger charge is 2.14. The van der Waals surface area contributed by atoms with Crippen molar-refractivity contribution in [2.45, 2.75) is 6.54 Å². The van der Waals surface area contributed by atoms with Crippen LogP contribution in [0.25, 0.3) is 0 Å². The van der Waals surface area contributed by atoms with E-state index in [1.54, 1.807) is 17.1 Å². The van der Waals surface area contributed by atoms with Crippen molar-refractivity contribution in [2.75, 3.05) is 0 Å². The maximum absolute atomic E-state index is 13.1. The van der Waals surface area contributed by atoms with E-state index in [4.69, 9.17) is 11.6 Å². The normalized spacial score (nSPS) is 10.7. The molecule has 0 aliphatic heterocycles. The van der Waals surface area contributed by atoms with Crippen LogP contribution in [0, 0.1) is 5.82 Å². The van der Waals surface area contributed by atoms with Gasteiger partial charge in [-0.3, -0.25) is 14.3 Å². The molecule has 0 radical (unpaired) electrons. The quantitative estimate of drug-likeness (QED) is 0.864. The lowest BCUT2D eigenvalue weighted by Gasteiger charge is -2.05. The Morgan fingerprint density at radius 2 is 2.18 bits per heavy atom. The van der Waals surface area contributed by atoms with Crippen LogP contribution in [-0.2, 0) is 6.54 Å². The van der Waals surface area contributed by atoms with Crippen molar-refractivity contribution >= 4 is 22.9 Å². The highest BCUT2D eigenvalue weighted by atomic mass is 35.5. The van der Waals surface area contributed by atoms with Gasteiger partial charge in [0.25, 0.3) is 5.56 Å². The number of halogens is 2. The van der Waals surface area contributed by atoms with Crippen molar-refractivity contribution in [1.82, 2.24) is 9.55 Å². The molecule has 90 valence electrons. The van der Waals surface area contributed by atoms with Crippen LogP contribution in [0.15, 0.2) is 21.7 Å². The molecule has 0 saturated heterocycles. The van der Waals surface area contributed by atoms with Crippen LogP contribution in [-0.4, -0.2) is 14.7 Å². The number of thiophene rings is 1. The fourth-order valence-corrected chi connectivity index (χ4v) is 2.35. The number of nitrogens with zero attached hydrogens (tertiary/aromatic N) is 1. The van der Waals surface area contributed by atoms with Crippen molar-refractivity contribution in [3.05, 3.63) is 48.0 Å². The highest BCUT2D eigenvalue weighted by molar-refractivity contribution is 7.16. The van der Waals surface area contributed by atoms with Gasteiger partial charge in [0.1, 0.15) is 0 Å². The van der Waals surface area contributed by atoms with Crippen LogP contribution < -0.4 is 11.2 Å². The Labute approximate surface area is 103 Å². The minimum absolute atomic E-state index is 0.0598. The molecule has 2 heterocycles. The van der Waals surface area contributed by atoms with E-state index in [1.807, 2.05) is 0 Å². The molecule has 0 spiro atoms. The first-order valence-corrected chi connectivity index (χ1v) is 5.64. The van der Waals surface area contributed by atoms with E-state index in [0.717, 1.165) is 4.57 Å². The van der Waals surface area contributed by atoms with Gasteiger partial charge in [-0.1, -0.05) is 11.6 Å².